The maximum Gasteiger partial charge on any atom is 0.293 e. The lowest BCUT2D eigenvalue weighted by Gasteiger charge is -2.08. The Labute approximate surface area is 136 Å². The first-order valence-electron chi connectivity index (χ1n) is 6.50. The molecule has 1 aromatic rings. The molecule has 0 spiro atoms. The highest BCUT2D eigenvalue weighted by Crippen LogP contribution is 2.28. The van der Waals surface area contributed by atoms with E-state index in [1.54, 1.807) is 29.7 Å². The summed E-state index contributed by atoms with van der Waals surface area (Å²) >= 11 is 1.73. The Morgan fingerprint density at radius 3 is 2.76 bits per heavy atom. The average Bonchev–Trinajstić information content (AvgIpc) is 2.44. The van der Waals surface area contributed by atoms with E-state index in [-0.39, 0.29) is 14.9 Å². The zero-order valence-electron chi connectivity index (χ0n) is 11.7. The molecule has 1 N–H and O–H groups in total. The van der Waals surface area contributed by atoms with Crippen LogP contribution in [0.25, 0.3) is 0 Å². The zero-order valence-corrected chi connectivity index (χ0v) is 13.9. The quantitative estimate of drug-likeness (QED) is 0.277. The number of rotatable bonds is 10. The molecule has 0 fully saturated rings. The predicted molar refractivity (Wildman–Crippen MR) is 86.2 cm³/mol. The van der Waals surface area contributed by atoms with Gasteiger partial charge in [0.2, 0.25) is 0 Å². The Bertz CT molecular complexity index is 474. The lowest BCUT2D eigenvalue weighted by Crippen LogP contribution is -2.08. The van der Waals surface area contributed by atoms with E-state index >= 15 is 0 Å². The van der Waals surface area contributed by atoms with Gasteiger partial charge in [-0.3, -0.25) is 10.1 Å². The summed E-state index contributed by atoms with van der Waals surface area (Å²) in [6.45, 7) is 2.24. The first-order valence-corrected chi connectivity index (χ1v) is 7.58. The Kier molecular flexibility index (Phi) is 8.47. The second-order valence-electron chi connectivity index (χ2n) is 4.28. The largest absolute Gasteiger partial charge is 0.382 e. The topological polar surface area (TPSA) is 73.6 Å². The number of hydrogen-bond acceptors (Lipinski definition) is 5. The molecule has 0 aliphatic carbocycles. The van der Waals surface area contributed by atoms with Crippen LogP contribution < -0.4 is 5.32 Å². The molecular formula is C13H18FIN2O4. The van der Waals surface area contributed by atoms with Crippen molar-refractivity contribution in [3.8, 4) is 0 Å². The third kappa shape index (κ3) is 6.53. The molecule has 0 radical (unpaired) electrons. The summed E-state index contributed by atoms with van der Waals surface area (Å²) in [6.07, 6.45) is 1.59. The van der Waals surface area contributed by atoms with Crippen LogP contribution in [0, 0.1) is 19.5 Å². The number of nitro benzene ring substituents is 1. The minimum absolute atomic E-state index is 0.114. The number of anilines is 1. The fourth-order valence-corrected chi connectivity index (χ4v) is 2.08. The highest BCUT2D eigenvalue weighted by Gasteiger charge is 2.16. The first kappa shape index (κ1) is 18.1. The molecule has 0 aliphatic rings. The van der Waals surface area contributed by atoms with E-state index in [1.165, 1.54) is 6.07 Å². The third-order valence-corrected chi connectivity index (χ3v) is 3.52. The van der Waals surface area contributed by atoms with E-state index < -0.39 is 10.7 Å². The lowest BCUT2D eigenvalue weighted by molar-refractivity contribution is -0.384. The molecule has 6 nitrogen and oxygen atoms in total. The van der Waals surface area contributed by atoms with E-state index in [2.05, 4.69) is 5.32 Å². The number of nitro groups is 1. The van der Waals surface area contributed by atoms with Gasteiger partial charge < -0.3 is 14.8 Å². The molecule has 0 saturated heterocycles. The number of halogens is 2. The Hall–Kier alpha value is -1.00. The third-order valence-electron chi connectivity index (χ3n) is 2.70. The summed E-state index contributed by atoms with van der Waals surface area (Å²) < 4.78 is 23.8. The van der Waals surface area contributed by atoms with Gasteiger partial charge >= 0.3 is 0 Å². The Morgan fingerprint density at radius 2 is 2.10 bits per heavy atom. The van der Waals surface area contributed by atoms with Gasteiger partial charge in [0.1, 0.15) is 11.5 Å². The number of benzene rings is 1. The molecule has 0 aliphatic heterocycles. The molecule has 1 rings (SSSR count). The van der Waals surface area contributed by atoms with Crippen molar-refractivity contribution in [2.75, 3.05) is 38.8 Å². The first-order chi connectivity index (χ1) is 10.1. The number of ether oxygens (including phenoxy) is 2. The minimum Gasteiger partial charge on any atom is -0.382 e. The number of nitrogens with zero attached hydrogens (tertiary/aromatic N) is 1. The lowest BCUT2D eigenvalue weighted by atomic mass is 10.2. The van der Waals surface area contributed by atoms with Crippen LogP contribution in [0.2, 0.25) is 0 Å². The standard InChI is InChI=1S/C13H18FIN2O4/c1-20-6-7-21-5-3-2-4-16-12-8-10(14)11(15)9-13(12)17(18)19/h8-9,16H,2-7H2,1H3. The van der Waals surface area contributed by atoms with Crippen LogP contribution in [0.3, 0.4) is 0 Å². The van der Waals surface area contributed by atoms with E-state index in [0.29, 0.717) is 26.4 Å². The molecule has 0 saturated carbocycles. The van der Waals surface area contributed by atoms with E-state index in [1.807, 2.05) is 0 Å². The summed E-state index contributed by atoms with van der Waals surface area (Å²) in [5.74, 6) is -0.466. The minimum atomic E-state index is -0.516. The van der Waals surface area contributed by atoms with Crippen LogP contribution in [-0.4, -0.2) is 38.4 Å². The van der Waals surface area contributed by atoms with Crippen molar-refractivity contribution in [1.82, 2.24) is 0 Å². The molecule has 0 unspecified atom stereocenters. The normalized spacial score (nSPS) is 10.6. The molecule has 21 heavy (non-hydrogen) atoms. The van der Waals surface area contributed by atoms with Crippen LogP contribution >= 0.6 is 22.6 Å². The number of nitrogens with one attached hydrogen (secondary N) is 1. The van der Waals surface area contributed by atoms with E-state index in [4.69, 9.17) is 9.47 Å². The van der Waals surface area contributed by atoms with Gasteiger partial charge in [0.15, 0.2) is 0 Å². The summed E-state index contributed by atoms with van der Waals surface area (Å²) in [4.78, 5) is 10.4. The second kappa shape index (κ2) is 9.85. The molecule has 0 bridgehead atoms. The molecule has 8 heteroatoms. The van der Waals surface area contributed by atoms with Gasteiger partial charge in [0, 0.05) is 32.4 Å². The van der Waals surface area contributed by atoms with Gasteiger partial charge in [0.05, 0.1) is 21.7 Å². The Morgan fingerprint density at radius 1 is 1.33 bits per heavy atom. The van der Waals surface area contributed by atoms with Crippen molar-refractivity contribution >= 4 is 34.0 Å². The maximum atomic E-state index is 13.5. The van der Waals surface area contributed by atoms with Crippen molar-refractivity contribution in [1.29, 1.82) is 0 Å². The van der Waals surface area contributed by atoms with Gasteiger partial charge in [-0.15, -0.1) is 0 Å². The number of hydrogen-bond donors (Lipinski definition) is 1. The van der Waals surface area contributed by atoms with Crippen molar-refractivity contribution in [2.24, 2.45) is 0 Å². The highest BCUT2D eigenvalue weighted by atomic mass is 127. The fraction of sp³-hybridized carbons (Fsp3) is 0.538. The van der Waals surface area contributed by atoms with Gasteiger partial charge in [-0.2, -0.15) is 0 Å². The van der Waals surface area contributed by atoms with Crippen LogP contribution in [0.4, 0.5) is 15.8 Å². The van der Waals surface area contributed by atoms with Crippen molar-refractivity contribution in [3.63, 3.8) is 0 Å². The monoisotopic (exact) mass is 412 g/mol. The van der Waals surface area contributed by atoms with Crippen molar-refractivity contribution < 1.29 is 18.8 Å². The Balaban J connectivity index is 2.38. The fourth-order valence-electron chi connectivity index (χ4n) is 1.63. The van der Waals surface area contributed by atoms with Gasteiger partial charge in [-0.25, -0.2) is 4.39 Å². The SMILES string of the molecule is COCCOCCCCNc1cc(F)c(I)cc1[N+](=O)[O-]. The van der Waals surface area contributed by atoms with Crippen LogP contribution in [0.15, 0.2) is 12.1 Å². The van der Waals surface area contributed by atoms with E-state index in [0.717, 1.165) is 18.9 Å². The van der Waals surface area contributed by atoms with Crippen LogP contribution in [0.5, 0.6) is 0 Å². The highest BCUT2D eigenvalue weighted by molar-refractivity contribution is 14.1. The summed E-state index contributed by atoms with van der Waals surface area (Å²) in [5.41, 5.74) is 0.0929. The smallest absolute Gasteiger partial charge is 0.293 e. The van der Waals surface area contributed by atoms with Crippen LogP contribution in [0.1, 0.15) is 12.8 Å². The van der Waals surface area contributed by atoms with E-state index in [9.17, 15) is 14.5 Å². The number of methoxy groups -OCH3 is 1. The molecule has 0 atom stereocenters. The van der Waals surface area contributed by atoms with Gasteiger partial charge in [-0.1, -0.05) is 0 Å². The van der Waals surface area contributed by atoms with Gasteiger partial charge in [0.25, 0.3) is 5.69 Å². The molecule has 1 aromatic carbocycles. The summed E-state index contributed by atoms with van der Waals surface area (Å²) in [7, 11) is 1.61. The summed E-state index contributed by atoms with van der Waals surface area (Å²) in [5, 5.41) is 13.8. The average molecular weight is 412 g/mol. The van der Waals surface area contributed by atoms with Gasteiger partial charge in [-0.05, 0) is 35.4 Å². The van der Waals surface area contributed by atoms with Crippen molar-refractivity contribution in [3.05, 3.63) is 31.6 Å². The maximum absolute atomic E-state index is 13.5. The number of unbranched alkanes of at least 4 members (excludes halogenated alkanes) is 1. The van der Waals surface area contributed by atoms with Crippen LogP contribution in [-0.2, 0) is 9.47 Å². The molecule has 118 valence electrons. The predicted octanol–water partition coefficient (Wildman–Crippen LogP) is 3.19. The molecule has 0 amide bonds. The molecule has 0 heterocycles. The second-order valence-corrected chi connectivity index (χ2v) is 5.44. The van der Waals surface area contributed by atoms with Crippen molar-refractivity contribution in [2.45, 2.75) is 12.8 Å². The zero-order chi connectivity index (χ0) is 15.7. The molecular weight excluding hydrogens is 394 g/mol. The summed E-state index contributed by atoms with van der Waals surface area (Å²) in [6, 6.07) is 2.39. The molecule has 0 aromatic heterocycles.